The second kappa shape index (κ2) is 13.3. The number of nitrogens with one attached hydrogen (secondary N) is 2. The molecule has 1 aromatic carbocycles. The van der Waals surface area contributed by atoms with Crippen LogP contribution in [0.3, 0.4) is 0 Å². The number of H-pyrrole nitrogens is 1. The first kappa shape index (κ1) is 31.3. The highest BCUT2D eigenvalue weighted by molar-refractivity contribution is 8.01. The zero-order valence-corrected chi connectivity index (χ0v) is 26.2. The van der Waals surface area contributed by atoms with E-state index in [9.17, 15) is 24.5 Å². The van der Waals surface area contributed by atoms with Crippen LogP contribution < -0.4 is 5.32 Å². The molecule has 1 unspecified atom stereocenters. The lowest BCUT2D eigenvalue weighted by Crippen LogP contribution is -2.80. The van der Waals surface area contributed by atoms with Crippen LogP contribution in [0.1, 0.15) is 16.3 Å². The van der Waals surface area contributed by atoms with Gasteiger partial charge in [-0.05, 0) is 45.1 Å². The quantitative estimate of drug-likeness (QED) is 0.0498. The molecule has 0 bridgehead atoms. The molecule has 2 N–H and O–H groups in total. The number of β-lactam (4-membered cyclic amide) rings is 1. The number of thioether (sulfide) groups is 2. The lowest BCUT2D eigenvalue weighted by molar-refractivity contribution is -0.384. The number of fused-ring (bicyclic) bond motifs is 1. The lowest BCUT2D eigenvalue weighted by Gasteiger charge is -2.56. The summed E-state index contributed by atoms with van der Waals surface area (Å²) in [6.45, 7) is -0.0471. The molecule has 0 aliphatic carbocycles. The van der Waals surface area contributed by atoms with Gasteiger partial charge in [-0.1, -0.05) is 23.0 Å². The predicted molar refractivity (Wildman–Crippen MR) is 161 cm³/mol. The molecule has 2 aliphatic heterocycles. The Morgan fingerprint density at radius 3 is 2.78 bits per heavy atom. The highest BCUT2D eigenvalue weighted by Crippen LogP contribution is 2.47. The number of amides is 2. The smallest absolute Gasteiger partial charge is 0.355 e. The van der Waals surface area contributed by atoms with Crippen LogP contribution >= 0.6 is 34.9 Å². The monoisotopic (exact) mass is 685 g/mol. The maximum absolute atomic E-state index is 13.8. The molecule has 5 heterocycles. The van der Waals surface area contributed by atoms with Crippen LogP contribution in [0, 0.1) is 10.1 Å². The minimum Gasteiger partial charge on any atom is -0.456 e. The number of nitro benzene ring substituents is 1. The second-order valence-electron chi connectivity index (χ2n) is 9.77. The number of nitrogens with zero attached hydrogens (tertiary/aromatic N) is 9. The molecule has 4 aromatic rings. The third-order valence-corrected chi connectivity index (χ3v) is 10.2. The first-order valence-corrected chi connectivity index (χ1v) is 16.3. The third-order valence-electron chi connectivity index (χ3n) is 6.94. The molecule has 46 heavy (non-hydrogen) atoms. The highest BCUT2D eigenvalue weighted by Gasteiger charge is 2.66. The molecule has 1 saturated heterocycles. The van der Waals surface area contributed by atoms with E-state index in [1.807, 2.05) is 17.5 Å². The fourth-order valence-corrected chi connectivity index (χ4v) is 7.89. The van der Waals surface area contributed by atoms with E-state index in [1.165, 1.54) is 75.8 Å². The van der Waals surface area contributed by atoms with Crippen molar-refractivity contribution in [2.75, 3.05) is 18.6 Å². The van der Waals surface area contributed by atoms with Crippen molar-refractivity contribution >= 4 is 58.3 Å². The Hall–Kier alpha value is -4.73. The maximum atomic E-state index is 13.8. The van der Waals surface area contributed by atoms with E-state index in [2.05, 4.69) is 41.5 Å². The highest BCUT2D eigenvalue weighted by atomic mass is 32.2. The van der Waals surface area contributed by atoms with E-state index >= 15 is 0 Å². The number of ether oxygens (including phenoxy) is 2. The number of benzene rings is 1. The zero-order valence-electron chi connectivity index (χ0n) is 23.8. The van der Waals surface area contributed by atoms with Gasteiger partial charge in [-0.3, -0.25) is 24.6 Å². The zero-order chi connectivity index (χ0) is 32.3. The molecular weight excluding hydrogens is 663 g/mol. The van der Waals surface area contributed by atoms with Crippen LogP contribution in [0.15, 0.2) is 58.2 Å². The van der Waals surface area contributed by atoms with Gasteiger partial charge in [-0.15, -0.1) is 38.4 Å². The van der Waals surface area contributed by atoms with Crippen molar-refractivity contribution in [2.45, 2.75) is 35.8 Å². The molecular formula is C25H23N11O7S3. The number of hydrogen-bond acceptors (Lipinski definition) is 16. The lowest BCUT2D eigenvalue weighted by atomic mass is 9.98. The molecule has 0 saturated carbocycles. The van der Waals surface area contributed by atoms with Gasteiger partial charge in [-0.2, -0.15) is 5.21 Å². The number of thiophene rings is 1. The predicted octanol–water partition coefficient (Wildman–Crippen LogP) is 0.910. The molecule has 0 radical (unpaired) electrons. The Morgan fingerprint density at radius 1 is 1.26 bits per heavy atom. The number of tetrazole rings is 2. The molecule has 2 amide bonds. The van der Waals surface area contributed by atoms with Crippen molar-refractivity contribution < 1.29 is 28.8 Å². The number of hydrogen-bond donors (Lipinski definition) is 2. The number of carbonyl (C=O) groups excluding carboxylic acids is 3. The summed E-state index contributed by atoms with van der Waals surface area (Å²) in [5.74, 6) is -0.945. The van der Waals surface area contributed by atoms with Crippen molar-refractivity contribution in [3.05, 3.63) is 79.4 Å². The van der Waals surface area contributed by atoms with Crippen molar-refractivity contribution in [3.63, 3.8) is 0 Å². The largest absolute Gasteiger partial charge is 0.456 e. The maximum Gasteiger partial charge on any atom is 0.355 e. The van der Waals surface area contributed by atoms with Crippen LogP contribution in [0.5, 0.6) is 0 Å². The first-order valence-electron chi connectivity index (χ1n) is 13.4. The van der Waals surface area contributed by atoms with Gasteiger partial charge in [0.25, 0.3) is 17.3 Å². The normalized spacial score (nSPS) is 19.0. The van der Waals surface area contributed by atoms with E-state index in [4.69, 9.17) is 9.47 Å². The van der Waals surface area contributed by atoms with Gasteiger partial charge in [0, 0.05) is 35.6 Å². The van der Waals surface area contributed by atoms with Crippen LogP contribution in [0.4, 0.5) is 5.69 Å². The topological polar surface area (TPSA) is 226 Å². The summed E-state index contributed by atoms with van der Waals surface area (Å²) in [5, 5.41) is 40.7. The Bertz CT molecular complexity index is 1780. The van der Waals surface area contributed by atoms with Crippen LogP contribution in [0.2, 0.25) is 0 Å². The number of aromatic nitrogens is 8. The summed E-state index contributed by atoms with van der Waals surface area (Å²) >= 11 is 3.97. The molecule has 1 fully saturated rings. The molecule has 6 rings (SSSR count). The average molecular weight is 686 g/mol. The summed E-state index contributed by atoms with van der Waals surface area (Å²) in [7, 11) is 1.33. The Balaban J connectivity index is 1.23. The minimum absolute atomic E-state index is 0.0144. The van der Waals surface area contributed by atoms with Crippen molar-refractivity contribution in [2.24, 2.45) is 0 Å². The van der Waals surface area contributed by atoms with Gasteiger partial charge in [0.15, 0.2) is 5.82 Å². The number of carbonyl (C=O) groups is 3. The van der Waals surface area contributed by atoms with E-state index in [0.29, 0.717) is 27.9 Å². The summed E-state index contributed by atoms with van der Waals surface area (Å²) in [5.41, 5.74) is -0.692. The molecule has 2 aliphatic rings. The van der Waals surface area contributed by atoms with Crippen molar-refractivity contribution in [1.29, 1.82) is 0 Å². The Labute approximate surface area is 271 Å². The van der Waals surface area contributed by atoms with Gasteiger partial charge < -0.3 is 14.8 Å². The number of non-ortho nitro benzene ring substituents is 1. The van der Waals surface area contributed by atoms with Crippen LogP contribution in [-0.2, 0) is 43.4 Å². The van der Waals surface area contributed by atoms with E-state index < -0.39 is 33.8 Å². The van der Waals surface area contributed by atoms with Gasteiger partial charge in [0.1, 0.15) is 24.2 Å². The Kier molecular flexibility index (Phi) is 9.05. The van der Waals surface area contributed by atoms with Gasteiger partial charge in [0.2, 0.25) is 11.1 Å². The molecule has 3 aromatic heterocycles. The number of aromatic amines is 1. The third kappa shape index (κ3) is 6.21. The van der Waals surface area contributed by atoms with E-state index in [0.717, 1.165) is 4.88 Å². The standard InChI is InChI=1S/C25H23N11O7S3/c1-42-25(26-19(37)9-17-3-2-8-44-17)22(39)35-20(21(38)43-11-14-4-6-16(7-5-14)36(40)41)15(12-45-23(25)35)13-46-24-29-32-33-34(24)10-18-27-30-31-28-18/h2-8,23H,9-13H2,1H3,(H,26,37)(H,27,28,30,31)/t23-,25?/m0/s1. The first-order chi connectivity index (χ1) is 22.3. The molecule has 0 spiro atoms. The summed E-state index contributed by atoms with van der Waals surface area (Å²) < 4.78 is 12.7. The molecule has 2 atom stereocenters. The number of nitro groups is 1. The molecule has 18 nitrogen and oxygen atoms in total. The summed E-state index contributed by atoms with van der Waals surface area (Å²) in [6, 6.07) is 9.22. The van der Waals surface area contributed by atoms with Gasteiger partial charge >= 0.3 is 5.97 Å². The van der Waals surface area contributed by atoms with Gasteiger partial charge in [0.05, 0.1) is 11.3 Å². The van der Waals surface area contributed by atoms with E-state index in [-0.39, 0.29) is 36.7 Å². The molecule has 238 valence electrons. The summed E-state index contributed by atoms with van der Waals surface area (Å²) in [4.78, 5) is 53.0. The SMILES string of the molecule is COC1(NC(=O)Cc2cccs2)C(=O)N2C(C(=O)OCc3ccc([N+](=O)[O-])cc3)=C(CSc3nnnn3Cc3nn[nH]n3)CS[C@H]21. The van der Waals surface area contributed by atoms with Crippen LogP contribution in [-0.4, -0.2) is 98.2 Å². The van der Waals surface area contributed by atoms with Crippen LogP contribution in [0.25, 0.3) is 0 Å². The average Bonchev–Trinajstić information content (AvgIpc) is 3.86. The molecule has 21 heteroatoms. The number of rotatable bonds is 13. The van der Waals surface area contributed by atoms with Crippen molar-refractivity contribution in [1.82, 2.24) is 51.0 Å². The second-order valence-corrected chi connectivity index (χ2v) is 12.8. The number of esters is 1. The fraction of sp³-hybridized carbons (Fsp3) is 0.320. The minimum atomic E-state index is -1.68. The van der Waals surface area contributed by atoms with Crippen molar-refractivity contribution in [3.8, 4) is 0 Å². The summed E-state index contributed by atoms with van der Waals surface area (Å²) in [6.07, 6.45) is 0.0634. The van der Waals surface area contributed by atoms with Gasteiger partial charge in [-0.25, -0.2) is 9.48 Å². The fourth-order valence-electron chi connectivity index (χ4n) is 4.73. The Morgan fingerprint density at radius 2 is 2.09 bits per heavy atom. The van der Waals surface area contributed by atoms with E-state index in [1.54, 1.807) is 0 Å². The number of methoxy groups -OCH3 is 1.